The third-order valence-corrected chi connectivity index (χ3v) is 3.16. The SMILES string of the molecule is O=S(=O)(O)c1cc(Oc2ccc(O)cc2)ccc1O. The third kappa shape index (κ3) is 3.15. The molecular formula is C12H10O6S. The van der Waals surface area contributed by atoms with Crippen molar-refractivity contribution in [1.82, 2.24) is 0 Å². The van der Waals surface area contributed by atoms with Crippen molar-refractivity contribution in [3.05, 3.63) is 42.5 Å². The first kappa shape index (κ1) is 13.2. The monoisotopic (exact) mass is 282 g/mol. The number of benzene rings is 2. The van der Waals surface area contributed by atoms with E-state index in [2.05, 4.69) is 0 Å². The molecule has 0 spiro atoms. The molecular weight excluding hydrogens is 272 g/mol. The lowest BCUT2D eigenvalue weighted by atomic mass is 10.3. The molecule has 0 bridgehead atoms. The Morgan fingerprint density at radius 3 is 2.05 bits per heavy atom. The highest BCUT2D eigenvalue weighted by molar-refractivity contribution is 7.86. The van der Waals surface area contributed by atoms with Gasteiger partial charge in [-0.2, -0.15) is 8.42 Å². The van der Waals surface area contributed by atoms with E-state index in [0.717, 1.165) is 12.1 Å². The van der Waals surface area contributed by atoms with E-state index in [1.54, 1.807) is 0 Å². The molecule has 0 unspecified atom stereocenters. The number of aromatic hydroxyl groups is 2. The molecule has 0 amide bonds. The molecule has 0 radical (unpaired) electrons. The minimum Gasteiger partial charge on any atom is -0.508 e. The molecule has 0 aliphatic heterocycles. The summed E-state index contributed by atoms with van der Waals surface area (Å²) in [5.74, 6) is -0.0156. The molecule has 7 heteroatoms. The van der Waals surface area contributed by atoms with Crippen molar-refractivity contribution in [2.24, 2.45) is 0 Å². The van der Waals surface area contributed by atoms with E-state index in [4.69, 9.17) is 14.4 Å². The molecule has 19 heavy (non-hydrogen) atoms. The van der Waals surface area contributed by atoms with Gasteiger partial charge >= 0.3 is 0 Å². The minimum atomic E-state index is -4.52. The van der Waals surface area contributed by atoms with Crippen molar-refractivity contribution in [3.63, 3.8) is 0 Å². The van der Waals surface area contributed by atoms with E-state index >= 15 is 0 Å². The van der Waals surface area contributed by atoms with Crippen LogP contribution in [0.1, 0.15) is 0 Å². The van der Waals surface area contributed by atoms with Crippen LogP contribution in [0.15, 0.2) is 47.4 Å². The molecule has 0 fully saturated rings. The van der Waals surface area contributed by atoms with E-state index in [9.17, 15) is 13.5 Å². The summed E-state index contributed by atoms with van der Waals surface area (Å²) in [6.45, 7) is 0. The second-order valence-electron chi connectivity index (χ2n) is 3.70. The first-order valence-electron chi connectivity index (χ1n) is 5.13. The van der Waals surface area contributed by atoms with Crippen LogP contribution in [0, 0.1) is 0 Å². The summed E-state index contributed by atoms with van der Waals surface area (Å²) in [6, 6.07) is 9.21. The van der Waals surface area contributed by atoms with Gasteiger partial charge in [-0.15, -0.1) is 0 Å². The maximum absolute atomic E-state index is 11.0. The van der Waals surface area contributed by atoms with Gasteiger partial charge in [-0.1, -0.05) is 0 Å². The van der Waals surface area contributed by atoms with Gasteiger partial charge in [0.1, 0.15) is 27.9 Å². The van der Waals surface area contributed by atoms with E-state index in [-0.39, 0.29) is 11.5 Å². The second kappa shape index (κ2) is 4.79. The number of phenols is 2. The summed E-state index contributed by atoms with van der Waals surface area (Å²) < 4.78 is 36.3. The van der Waals surface area contributed by atoms with Crippen LogP contribution >= 0.6 is 0 Å². The highest BCUT2D eigenvalue weighted by Gasteiger charge is 2.16. The summed E-state index contributed by atoms with van der Waals surface area (Å²) in [7, 11) is -4.52. The van der Waals surface area contributed by atoms with Crippen molar-refractivity contribution in [3.8, 4) is 23.0 Å². The van der Waals surface area contributed by atoms with Crippen LogP contribution in [0.5, 0.6) is 23.0 Å². The van der Waals surface area contributed by atoms with Crippen LogP contribution < -0.4 is 4.74 Å². The number of ether oxygens (including phenoxy) is 1. The van der Waals surface area contributed by atoms with Crippen molar-refractivity contribution in [1.29, 1.82) is 0 Å². The predicted molar refractivity (Wildman–Crippen MR) is 66.1 cm³/mol. The topological polar surface area (TPSA) is 104 Å². The number of rotatable bonds is 3. The zero-order chi connectivity index (χ0) is 14.0. The molecule has 0 aromatic heterocycles. The molecule has 0 atom stereocenters. The Morgan fingerprint density at radius 2 is 1.47 bits per heavy atom. The Kier molecular flexibility index (Phi) is 3.32. The molecule has 2 aromatic rings. The molecule has 0 saturated heterocycles. The fourth-order valence-corrected chi connectivity index (χ4v) is 2.01. The highest BCUT2D eigenvalue weighted by Crippen LogP contribution is 2.30. The van der Waals surface area contributed by atoms with Crippen molar-refractivity contribution >= 4 is 10.1 Å². The van der Waals surface area contributed by atoms with Crippen LogP contribution in [0.3, 0.4) is 0 Å². The lowest BCUT2D eigenvalue weighted by molar-refractivity contribution is 0.435. The molecule has 100 valence electrons. The summed E-state index contributed by atoms with van der Waals surface area (Å²) in [5, 5.41) is 18.5. The number of hydrogen-bond acceptors (Lipinski definition) is 5. The molecule has 6 nitrogen and oxygen atoms in total. The lowest BCUT2D eigenvalue weighted by Crippen LogP contribution is -1.98. The first-order valence-corrected chi connectivity index (χ1v) is 6.57. The van der Waals surface area contributed by atoms with Gasteiger partial charge in [0.05, 0.1) is 0 Å². The van der Waals surface area contributed by atoms with E-state index in [1.807, 2.05) is 0 Å². The molecule has 3 N–H and O–H groups in total. The highest BCUT2D eigenvalue weighted by atomic mass is 32.2. The third-order valence-electron chi connectivity index (χ3n) is 2.28. The van der Waals surface area contributed by atoms with Gasteiger partial charge in [0, 0.05) is 6.07 Å². The van der Waals surface area contributed by atoms with Gasteiger partial charge in [-0.3, -0.25) is 4.55 Å². The maximum Gasteiger partial charge on any atom is 0.298 e. The second-order valence-corrected chi connectivity index (χ2v) is 5.09. The van der Waals surface area contributed by atoms with Gasteiger partial charge < -0.3 is 14.9 Å². The Balaban J connectivity index is 2.34. The van der Waals surface area contributed by atoms with Crippen molar-refractivity contribution in [2.45, 2.75) is 4.90 Å². The average Bonchev–Trinajstić information content (AvgIpc) is 2.33. The van der Waals surface area contributed by atoms with Gasteiger partial charge in [0.25, 0.3) is 10.1 Å². The standard InChI is InChI=1S/C12H10O6S/c13-8-1-3-9(4-2-8)18-10-5-6-11(14)12(7-10)19(15,16)17/h1-7,13-14H,(H,15,16,17). The smallest absolute Gasteiger partial charge is 0.298 e. The van der Waals surface area contributed by atoms with Crippen molar-refractivity contribution < 1.29 is 27.9 Å². The van der Waals surface area contributed by atoms with Crippen LogP contribution in [-0.4, -0.2) is 23.2 Å². The summed E-state index contributed by atoms with van der Waals surface area (Å²) in [5.41, 5.74) is 0. The van der Waals surface area contributed by atoms with Gasteiger partial charge in [0.2, 0.25) is 0 Å². The molecule has 0 heterocycles. The lowest BCUT2D eigenvalue weighted by Gasteiger charge is -2.08. The van der Waals surface area contributed by atoms with Gasteiger partial charge in [-0.05, 0) is 36.4 Å². The molecule has 0 aliphatic rings. The Labute approximate surface area is 109 Å². The Bertz CT molecular complexity index is 691. The van der Waals surface area contributed by atoms with Crippen LogP contribution in [0.4, 0.5) is 0 Å². The quantitative estimate of drug-likeness (QED) is 0.745. The predicted octanol–water partition coefficient (Wildman–Crippen LogP) is 2.14. The Hall–Kier alpha value is -2.25. The summed E-state index contributed by atoms with van der Waals surface area (Å²) in [6.07, 6.45) is 0. The fraction of sp³-hybridized carbons (Fsp3) is 0. The first-order chi connectivity index (χ1) is 8.86. The molecule has 2 aromatic carbocycles. The van der Waals surface area contributed by atoms with Crippen LogP contribution in [0.25, 0.3) is 0 Å². The average molecular weight is 282 g/mol. The van der Waals surface area contributed by atoms with E-state index < -0.39 is 20.8 Å². The minimum absolute atomic E-state index is 0.0664. The number of phenolic OH excluding ortho intramolecular Hbond substituents is 2. The van der Waals surface area contributed by atoms with Crippen molar-refractivity contribution in [2.75, 3.05) is 0 Å². The zero-order valence-corrected chi connectivity index (χ0v) is 10.3. The van der Waals surface area contributed by atoms with Gasteiger partial charge in [0.15, 0.2) is 0 Å². The summed E-state index contributed by atoms with van der Waals surface area (Å²) in [4.78, 5) is -0.635. The zero-order valence-electron chi connectivity index (χ0n) is 9.52. The number of hydrogen-bond donors (Lipinski definition) is 3. The largest absolute Gasteiger partial charge is 0.508 e. The van der Waals surface area contributed by atoms with Crippen LogP contribution in [-0.2, 0) is 10.1 Å². The molecule has 0 aliphatic carbocycles. The maximum atomic E-state index is 11.0. The van der Waals surface area contributed by atoms with E-state index in [1.165, 1.54) is 30.3 Å². The Morgan fingerprint density at radius 1 is 0.895 bits per heavy atom. The fourth-order valence-electron chi connectivity index (χ4n) is 1.41. The van der Waals surface area contributed by atoms with E-state index in [0.29, 0.717) is 5.75 Å². The molecule has 2 rings (SSSR count). The van der Waals surface area contributed by atoms with Crippen LogP contribution in [0.2, 0.25) is 0 Å². The molecule has 0 saturated carbocycles. The summed E-state index contributed by atoms with van der Waals surface area (Å²) >= 11 is 0. The van der Waals surface area contributed by atoms with Gasteiger partial charge in [-0.25, -0.2) is 0 Å². The normalized spacial score (nSPS) is 11.2.